The van der Waals surface area contributed by atoms with E-state index in [9.17, 15) is 13.2 Å². The molecule has 1 aromatic rings. The molecule has 2 bridgehead atoms. The fourth-order valence-electron chi connectivity index (χ4n) is 7.09. The number of amides is 1. The maximum Gasteiger partial charge on any atom is 0.494 e. The van der Waals surface area contributed by atoms with Gasteiger partial charge in [0.25, 0.3) is 0 Å². The van der Waals surface area contributed by atoms with Gasteiger partial charge in [-0.3, -0.25) is 4.79 Å². The number of fused-ring (bicyclic) bond motifs is 3. The summed E-state index contributed by atoms with van der Waals surface area (Å²) in [6, 6.07) is 7.10. The molecule has 0 aromatic heterocycles. The molecule has 0 unspecified atom stereocenters. The Morgan fingerprint density at radius 1 is 0.889 bits per heavy atom. The molecule has 1 aliphatic heterocycles. The van der Waals surface area contributed by atoms with Gasteiger partial charge in [0.2, 0.25) is 5.91 Å². The minimum absolute atomic E-state index is 0.0124. The Hall–Kier alpha value is -1.38. The molecule has 6 aliphatic rings. The maximum atomic E-state index is 13.5. The summed E-state index contributed by atoms with van der Waals surface area (Å²) in [4.78, 5) is 12.9. The second-order valence-electron chi connectivity index (χ2n) is 13.5. The van der Waals surface area contributed by atoms with Gasteiger partial charge < -0.3 is 14.6 Å². The lowest BCUT2D eigenvalue weighted by molar-refractivity contribution is -0.126. The predicted octanol–water partition coefficient (Wildman–Crippen LogP) is 4.16. The highest BCUT2D eigenvalue weighted by Gasteiger charge is 2.65. The van der Waals surface area contributed by atoms with Gasteiger partial charge in [-0.25, -0.2) is 8.42 Å². The molecule has 1 heterocycles. The number of nitrogens with one attached hydrogen (secondary N) is 1. The zero-order valence-corrected chi connectivity index (χ0v) is 23.0. The van der Waals surface area contributed by atoms with Gasteiger partial charge in [0.15, 0.2) is 9.84 Å². The molecule has 0 atom stereocenters. The fraction of sp³-hybridized carbons (Fsp3) is 0.750. The van der Waals surface area contributed by atoms with Gasteiger partial charge in [0.1, 0.15) is 0 Å². The first-order valence-electron chi connectivity index (χ1n) is 13.8. The van der Waals surface area contributed by atoms with Crippen LogP contribution >= 0.6 is 0 Å². The molecule has 5 saturated carbocycles. The molecule has 1 aromatic carbocycles. The topological polar surface area (TPSA) is 81.7 Å². The zero-order chi connectivity index (χ0) is 25.6. The first kappa shape index (κ1) is 24.9. The second-order valence-corrected chi connectivity index (χ2v) is 15.5. The fourth-order valence-corrected chi connectivity index (χ4v) is 9.05. The van der Waals surface area contributed by atoms with E-state index in [-0.39, 0.29) is 33.9 Å². The van der Waals surface area contributed by atoms with Crippen molar-refractivity contribution < 1.29 is 22.5 Å². The summed E-state index contributed by atoms with van der Waals surface area (Å²) >= 11 is 0. The van der Waals surface area contributed by atoms with Crippen molar-refractivity contribution in [2.75, 3.05) is 5.75 Å². The minimum atomic E-state index is -3.40. The Kier molecular flexibility index (Phi) is 5.42. The molecule has 1 N–H and O–H groups in total. The second kappa shape index (κ2) is 7.83. The largest absolute Gasteiger partial charge is 0.494 e. The van der Waals surface area contributed by atoms with E-state index in [1.807, 2.05) is 39.8 Å². The summed E-state index contributed by atoms with van der Waals surface area (Å²) in [5.74, 6) is 0.718. The van der Waals surface area contributed by atoms with Gasteiger partial charge in [0, 0.05) is 11.5 Å². The number of hydrogen-bond donors (Lipinski definition) is 1. The molecule has 1 saturated heterocycles. The first-order valence-corrected chi connectivity index (χ1v) is 15.5. The normalized spacial score (nSPS) is 33.9. The highest BCUT2D eigenvalue weighted by molar-refractivity contribution is 7.91. The molecule has 196 valence electrons. The molecule has 0 spiro atoms. The van der Waals surface area contributed by atoms with Crippen LogP contribution in [0.1, 0.15) is 91.9 Å². The first-order chi connectivity index (χ1) is 16.8. The van der Waals surface area contributed by atoms with Crippen LogP contribution in [0.15, 0.2) is 29.2 Å². The van der Waals surface area contributed by atoms with Crippen molar-refractivity contribution in [2.24, 2.45) is 16.7 Å². The van der Waals surface area contributed by atoms with Gasteiger partial charge in [-0.05, 0) is 120 Å². The third-order valence-corrected chi connectivity index (χ3v) is 12.7. The Morgan fingerprint density at radius 3 is 1.89 bits per heavy atom. The standard InChI is InChI=1S/C28H40BNO5S/c1-24(2)25(3,4)35-29(34-24)21-7-9-22(10-8-21)36(32,33)19-26-11-14-27(15-12-26,16-13-26)28(17-18-28)30-23(31)20-5-6-20/h7-10,20H,5-6,11-19H2,1-4H3,(H,30,31). The van der Waals surface area contributed by atoms with Crippen LogP contribution in [-0.2, 0) is 23.9 Å². The van der Waals surface area contributed by atoms with E-state index in [2.05, 4.69) is 5.32 Å². The average Bonchev–Trinajstić information content (AvgIpc) is 3.74. The van der Waals surface area contributed by atoms with E-state index >= 15 is 0 Å². The van der Waals surface area contributed by atoms with Gasteiger partial charge in [-0.1, -0.05) is 12.1 Å². The van der Waals surface area contributed by atoms with Crippen molar-refractivity contribution in [3.63, 3.8) is 0 Å². The van der Waals surface area contributed by atoms with Gasteiger partial charge in [0.05, 0.1) is 21.9 Å². The van der Waals surface area contributed by atoms with E-state index in [4.69, 9.17) is 9.31 Å². The van der Waals surface area contributed by atoms with E-state index < -0.39 is 28.2 Å². The summed E-state index contributed by atoms with van der Waals surface area (Å²) in [5.41, 5.74) is 0.00185. The Balaban J connectivity index is 1.12. The number of carbonyl (C=O) groups excluding carboxylic acids is 1. The van der Waals surface area contributed by atoms with E-state index in [0.717, 1.165) is 69.7 Å². The third kappa shape index (κ3) is 3.97. The molecular weight excluding hydrogens is 473 g/mol. The molecule has 8 heteroatoms. The van der Waals surface area contributed by atoms with Crippen molar-refractivity contribution in [1.82, 2.24) is 5.32 Å². The monoisotopic (exact) mass is 513 g/mol. The minimum Gasteiger partial charge on any atom is -0.399 e. The highest BCUT2D eigenvalue weighted by Crippen LogP contribution is 2.67. The smallest absolute Gasteiger partial charge is 0.399 e. The number of carbonyl (C=O) groups is 1. The van der Waals surface area contributed by atoms with Crippen LogP contribution < -0.4 is 10.8 Å². The lowest BCUT2D eigenvalue weighted by Gasteiger charge is -2.57. The molecule has 7 rings (SSSR count). The quantitative estimate of drug-likeness (QED) is 0.554. The van der Waals surface area contributed by atoms with Crippen LogP contribution in [0.2, 0.25) is 0 Å². The molecule has 1 amide bonds. The zero-order valence-electron chi connectivity index (χ0n) is 22.2. The number of benzene rings is 1. The summed E-state index contributed by atoms with van der Waals surface area (Å²) in [6.07, 6.45) is 10.2. The van der Waals surface area contributed by atoms with Crippen molar-refractivity contribution in [3.05, 3.63) is 24.3 Å². The van der Waals surface area contributed by atoms with Crippen molar-refractivity contribution in [3.8, 4) is 0 Å². The van der Waals surface area contributed by atoms with Crippen molar-refractivity contribution in [1.29, 1.82) is 0 Å². The van der Waals surface area contributed by atoms with Gasteiger partial charge in [-0.2, -0.15) is 0 Å². The van der Waals surface area contributed by atoms with E-state index in [0.29, 0.717) is 4.90 Å². The van der Waals surface area contributed by atoms with Gasteiger partial charge in [-0.15, -0.1) is 0 Å². The molecule has 0 radical (unpaired) electrons. The van der Waals surface area contributed by atoms with Crippen LogP contribution in [0.4, 0.5) is 0 Å². The molecule has 36 heavy (non-hydrogen) atoms. The Bertz CT molecular complexity index is 1130. The van der Waals surface area contributed by atoms with Crippen molar-refractivity contribution >= 4 is 28.3 Å². The number of hydrogen-bond acceptors (Lipinski definition) is 5. The Morgan fingerprint density at radius 2 is 1.42 bits per heavy atom. The van der Waals surface area contributed by atoms with E-state index in [1.165, 1.54) is 0 Å². The maximum absolute atomic E-state index is 13.5. The van der Waals surface area contributed by atoms with Crippen LogP contribution in [0.3, 0.4) is 0 Å². The molecule has 6 fully saturated rings. The highest BCUT2D eigenvalue weighted by atomic mass is 32.2. The number of sulfone groups is 1. The third-order valence-electron chi connectivity index (χ3n) is 10.7. The summed E-state index contributed by atoms with van der Waals surface area (Å²) < 4.78 is 39.3. The van der Waals surface area contributed by atoms with Crippen LogP contribution in [0, 0.1) is 16.7 Å². The molecular formula is C28H40BNO5S. The number of rotatable bonds is 7. The molecule has 6 nitrogen and oxygen atoms in total. The summed E-state index contributed by atoms with van der Waals surface area (Å²) in [7, 11) is -3.90. The van der Waals surface area contributed by atoms with Gasteiger partial charge >= 0.3 is 7.12 Å². The Labute approximate surface area is 216 Å². The van der Waals surface area contributed by atoms with Crippen molar-refractivity contribution in [2.45, 2.75) is 114 Å². The SMILES string of the molecule is CC1(C)OB(c2ccc(S(=O)(=O)CC34CCC(C5(NC(=O)C6CC6)CC5)(CC3)CC4)cc2)OC1(C)C. The lowest BCUT2D eigenvalue weighted by Crippen LogP contribution is -2.57. The molecule has 5 aliphatic carbocycles. The summed E-state index contributed by atoms with van der Waals surface area (Å²) in [5, 5.41) is 3.46. The van der Waals surface area contributed by atoms with Crippen LogP contribution in [0.5, 0.6) is 0 Å². The van der Waals surface area contributed by atoms with Crippen LogP contribution in [-0.4, -0.2) is 43.9 Å². The van der Waals surface area contributed by atoms with E-state index in [1.54, 1.807) is 12.1 Å². The predicted molar refractivity (Wildman–Crippen MR) is 140 cm³/mol. The summed E-state index contributed by atoms with van der Waals surface area (Å²) in [6.45, 7) is 8.06. The lowest BCUT2D eigenvalue weighted by atomic mass is 9.51. The van der Waals surface area contributed by atoms with Crippen LogP contribution in [0.25, 0.3) is 0 Å². The average molecular weight is 514 g/mol.